The van der Waals surface area contributed by atoms with Crippen molar-refractivity contribution < 1.29 is 9.90 Å². The number of hydrogen-bond donors (Lipinski definition) is 0. The number of carboxylic acid groups (broad SMARTS) is 1. The lowest BCUT2D eigenvalue weighted by molar-refractivity contribution is -0.304. The minimum atomic E-state index is -1.14. The summed E-state index contributed by atoms with van der Waals surface area (Å²) < 4.78 is 1.75. The maximum absolute atomic E-state index is 12.0. The van der Waals surface area contributed by atoms with Crippen molar-refractivity contribution >= 4 is 43.8 Å². The quantitative estimate of drug-likeness (QED) is 0.703. The van der Waals surface area contributed by atoms with Crippen LogP contribution in [-0.4, -0.2) is 15.4 Å². The molecule has 0 atom stereocenters. The zero-order valence-corrected chi connectivity index (χ0v) is 11.9. The fourth-order valence-electron chi connectivity index (χ4n) is 2.07. The molecule has 0 unspecified atom stereocenters. The molecule has 0 radical (unpaired) electrons. The Kier molecular flexibility index (Phi) is 2.68. The first-order chi connectivity index (χ1) is 8.99. The van der Waals surface area contributed by atoms with Gasteiger partial charge < -0.3 is 9.90 Å². The minimum absolute atomic E-state index is 0.185. The molecular weight excluding hydrogens is 284 g/mol. The van der Waals surface area contributed by atoms with Gasteiger partial charge in [0.25, 0.3) is 5.56 Å². The van der Waals surface area contributed by atoms with Gasteiger partial charge in [-0.15, -0.1) is 22.7 Å². The Balaban J connectivity index is 2.49. The third-order valence-electron chi connectivity index (χ3n) is 3.09. The van der Waals surface area contributed by atoms with E-state index < -0.39 is 5.97 Å². The first-order valence-corrected chi connectivity index (χ1v) is 7.27. The molecule has 3 heterocycles. The number of carbonyl (C=O) groups excluding carboxylic acids is 1. The van der Waals surface area contributed by atoms with E-state index in [1.54, 1.807) is 9.78 Å². The number of fused-ring (bicyclic) bond motifs is 3. The Morgan fingerprint density at radius 1 is 1.47 bits per heavy atom. The van der Waals surface area contributed by atoms with E-state index in [-0.39, 0.29) is 12.0 Å². The summed E-state index contributed by atoms with van der Waals surface area (Å²) in [7, 11) is 0. The molecule has 0 fully saturated rings. The van der Waals surface area contributed by atoms with E-state index in [1.165, 1.54) is 22.7 Å². The van der Waals surface area contributed by atoms with Gasteiger partial charge in [-0.1, -0.05) is 0 Å². The molecule has 0 aliphatic carbocycles. The maximum atomic E-state index is 12.0. The summed E-state index contributed by atoms with van der Waals surface area (Å²) in [6, 6.07) is 0. The highest BCUT2D eigenvalue weighted by Crippen LogP contribution is 2.30. The molecule has 0 aromatic carbocycles. The van der Waals surface area contributed by atoms with Gasteiger partial charge in [-0.25, -0.2) is 0 Å². The molecule has 0 aliphatic heterocycles. The van der Waals surface area contributed by atoms with Crippen LogP contribution in [0.5, 0.6) is 0 Å². The standard InChI is InChI=1S/C12H10N2O3S2/c1-5-6(2)19-11-9(5)10(17)13-12-14(11)7(4-18-12)3-8(15)16/h4H,3H2,1-2H3,(H,15,16)/p-1. The highest BCUT2D eigenvalue weighted by Gasteiger charge is 2.16. The van der Waals surface area contributed by atoms with Gasteiger partial charge >= 0.3 is 0 Å². The summed E-state index contributed by atoms with van der Waals surface area (Å²) >= 11 is 2.75. The van der Waals surface area contributed by atoms with Crippen molar-refractivity contribution in [1.29, 1.82) is 0 Å². The van der Waals surface area contributed by atoms with Crippen LogP contribution in [0.4, 0.5) is 0 Å². The molecule has 19 heavy (non-hydrogen) atoms. The smallest absolute Gasteiger partial charge is 0.282 e. The zero-order chi connectivity index (χ0) is 13.7. The van der Waals surface area contributed by atoms with Crippen molar-refractivity contribution in [2.45, 2.75) is 20.3 Å². The number of carboxylic acids is 1. The van der Waals surface area contributed by atoms with Gasteiger partial charge in [0.1, 0.15) is 4.83 Å². The average Bonchev–Trinajstić information content (AvgIpc) is 2.82. The highest BCUT2D eigenvalue weighted by molar-refractivity contribution is 7.19. The molecule has 3 rings (SSSR count). The second-order valence-electron chi connectivity index (χ2n) is 4.27. The van der Waals surface area contributed by atoms with Gasteiger partial charge in [0.15, 0.2) is 4.96 Å². The van der Waals surface area contributed by atoms with Crippen LogP contribution >= 0.6 is 22.7 Å². The van der Waals surface area contributed by atoms with E-state index in [4.69, 9.17) is 0 Å². The third kappa shape index (κ3) is 1.77. The van der Waals surface area contributed by atoms with Gasteiger partial charge in [0, 0.05) is 28.3 Å². The predicted octanol–water partition coefficient (Wildman–Crippen LogP) is 0.880. The van der Waals surface area contributed by atoms with E-state index in [2.05, 4.69) is 4.98 Å². The van der Waals surface area contributed by atoms with Crippen molar-refractivity contribution in [3.05, 3.63) is 31.9 Å². The number of aliphatic carboxylic acids is 1. The molecule has 0 spiro atoms. The summed E-state index contributed by atoms with van der Waals surface area (Å²) in [5.41, 5.74) is 1.26. The number of carbonyl (C=O) groups is 1. The first-order valence-electron chi connectivity index (χ1n) is 5.57. The Hall–Kier alpha value is -1.73. The summed E-state index contributed by atoms with van der Waals surface area (Å²) in [4.78, 5) is 29.2. The van der Waals surface area contributed by atoms with Crippen LogP contribution in [0.15, 0.2) is 10.2 Å². The number of rotatable bonds is 2. The van der Waals surface area contributed by atoms with Gasteiger partial charge in [0.05, 0.1) is 5.39 Å². The number of hydrogen-bond acceptors (Lipinski definition) is 6. The van der Waals surface area contributed by atoms with Crippen molar-refractivity contribution in [3.63, 3.8) is 0 Å². The van der Waals surface area contributed by atoms with E-state index >= 15 is 0 Å². The number of aromatic nitrogens is 2. The molecule has 0 N–H and O–H groups in total. The number of aryl methyl sites for hydroxylation is 2. The van der Waals surface area contributed by atoms with Crippen molar-refractivity contribution in [3.8, 4) is 0 Å². The fraction of sp³-hybridized carbons (Fsp3) is 0.250. The van der Waals surface area contributed by atoms with Crippen LogP contribution in [0.3, 0.4) is 0 Å². The number of thiazole rings is 1. The first kappa shape index (κ1) is 12.3. The van der Waals surface area contributed by atoms with E-state index in [0.717, 1.165) is 15.3 Å². The highest BCUT2D eigenvalue weighted by atomic mass is 32.1. The number of thiophene rings is 1. The van der Waals surface area contributed by atoms with E-state index in [1.807, 2.05) is 13.8 Å². The summed E-state index contributed by atoms with van der Waals surface area (Å²) in [5, 5.41) is 13.1. The summed E-state index contributed by atoms with van der Waals surface area (Å²) in [5.74, 6) is -1.14. The molecule has 0 aliphatic rings. The minimum Gasteiger partial charge on any atom is -0.550 e. The van der Waals surface area contributed by atoms with Crippen LogP contribution in [0.1, 0.15) is 16.1 Å². The van der Waals surface area contributed by atoms with Gasteiger partial charge in [-0.2, -0.15) is 4.98 Å². The molecule has 0 bridgehead atoms. The van der Waals surface area contributed by atoms with Crippen molar-refractivity contribution in [1.82, 2.24) is 9.38 Å². The second kappa shape index (κ2) is 4.14. The summed E-state index contributed by atoms with van der Waals surface area (Å²) in [6.45, 7) is 3.82. The Morgan fingerprint density at radius 2 is 2.21 bits per heavy atom. The molecule has 98 valence electrons. The molecule has 0 amide bonds. The molecule has 7 heteroatoms. The zero-order valence-electron chi connectivity index (χ0n) is 10.2. The van der Waals surface area contributed by atoms with Crippen LogP contribution in [0.2, 0.25) is 0 Å². The third-order valence-corrected chi connectivity index (χ3v) is 5.15. The van der Waals surface area contributed by atoms with E-state index in [0.29, 0.717) is 16.0 Å². The Morgan fingerprint density at radius 3 is 2.89 bits per heavy atom. The van der Waals surface area contributed by atoms with Gasteiger partial charge in [-0.05, 0) is 19.4 Å². The van der Waals surface area contributed by atoms with Gasteiger partial charge in [-0.3, -0.25) is 9.20 Å². The fourth-order valence-corrected chi connectivity index (χ4v) is 4.19. The molecule has 3 aromatic heterocycles. The monoisotopic (exact) mass is 293 g/mol. The number of nitrogens with zero attached hydrogens (tertiary/aromatic N) is 2. The molecule has 3 aromatic rings. The summed E-state index contributed by atoms with van der Waals surface area (Å²) in [6.07, 6.45) is -0.185. The lowest BCUT2D eigenvalue weighted by Gasteiger charge is -2.03. The largest absolute Gasteiger partial charge is 0.550 e. The molecule has 0 saturated heterocycles. The second-order valence-corrected chi connectivity index (χ2v) is 6.31. The predicted molar refractivity (Wildman–Crippen MR) is 72.9 cm³/mol. The molecule has 0 saturated carbocycles. The van der Waals surface area contributed by atoms with Crippen LogP contribution in [-0.2, 0) is 11.2 Å². The Labute approximate surface area is 115 Å². The molecule has 5 nitrogen and oxygen atoms in total. The maximum Gasteiger partial charge on any atom is 0.282 e. The lowest BCUT2D eigenvalue weighted by Crippen LogP contribution is -2.25. The molecular formula is C12H9N2O3S2-. The topological polar surface area (TPSA) is 74.5 Å². The van der Waals surface area contributed by atoms with Crippen molar-refractivity contribution in [2.75, 3.05) is 0 Å². The Bertz CT molecular complexity index is 872. The van der Waals surface area contributed by atoms with Gasteiger partial charge in [0.2, 0.25) is 0 Å². The lowest BCUT2D eigenvalue weighted by atomic mass is 10.2. The average molecular weight is 293 g/mol. The van der Waals surface area contributed by atoms with Crippen molar-refractivity contribution in [2.24, 2.45) is 0 Å². The van der Waals surface area contributed by atoms with E-state index in [9.17, 15) is 14.7 Å². The van der Waals surface area contributed by atoms with Crippen LogP contribution < -0.4 is 10.7 Å². The SMILES string of the molecule is Cc1sc2c(c1C)c(=O)nc1scc(CC(=O)[O-])n12. The normalized spacial score (nSPS) is 11.5. The van der Waals surface area contributed by atoms with Crippen LogP contribution in [0, 0.1) is 13.8 Å². The van der Waals surface area contributed by atoms with Crippen LogP contribution in [0.25, 0.3) is 15.2 Å².